The third-order valence-corrected chi connectivity index (χ3v) is 4.55. The van der Waals surface area contributed by atoms with Crippen molar-refractivity contribution in [1.82, 2.24) is 9.88 Å². The Hall–Kier alpha value is -3.39. The topological polar surface area (TPSA) is 66.2 Å². The first-order valence-electron chi connectivity index (χ1n) is 8.55. The maximum atomic E-state index is 12.6. The molecule has 1 atom stereocenters. The lowest BCUT2D eigenvalue weighted by Gasteiger charge is -2.17. The van der Waals surface area contributed by atoms with Crippen LogP contribution in [0, 0.1) is 11.3 Å². The van der Waals surface area contributed by atoms with E-state index in [-0.39, 0.29) is 12.0 Å². The fourth-order valence-electron chi connectivity index (χ4n) is 3.16. The second-order valence-corrected chi connectivity index (χ2v) is 6.31. The lowest BCUT2D eigenvalue weighted by molar-refractivity contribution is 0.0771. The number of carbonyl (C=O) groups is 1. The predicted molar refractivity (Wildman–Crippen MR) is 97.8 cm³/mol. The van der Waals surface area contributed by atoms with Crippen LogP contribution in [-0.2, 0) is 0 Å². The Morgan fingerprint density at radius 3 is 2.73 bits per heavy atom. The van der Waals surface area contributed by atoms with Crippen molar-refractivity contribution in [1.29, 1.82) is 5.26 Å². The van der Waals surface area contributed by atoms with Gasteiger partial charge in [-0.05, 0) is 36.4 Å². The Bertz CT molecular complexity index is 992. The number of likely N-dealkylation sites (tertiary alicyclic amines) is 1. The zero-order chi connectivity index (χ0) is 17.9. The molecule has 1 aliphatic heterocycles. The number of ether oxygens (including phenoxy) is 1. The van der Waals surface area contributed by atoms with Crippen LogP contribution in [0.15, 0.2) is 60.7 Å². The molecule has 5 heteroatoms. The van der Waals surface area contributed by atoms with Gasteiger partial charge in [0.05, 0.1) is 23.7 Å². The van der Waals surface area contributed by atoms with Crippen LogP contribution in [0.1, 0.15) is 22.3 Å². The summed E-state index contributed by atoms with van der Waals surface area (Å²) in [5.74, 6) is 0.549. The predicted octanol–water partition coefficient (Wildman–Crippen LogP) is 3.40. The molecule has 1 aliphatic rings. The average Bonchev–Trinajstić information content (AvgIpc) is 3.16. The van der Waals surface area contributed by atoms with Crippen LogP contribution in [0.2, 0.25) is 0 Å². The van der Waals surface area contributed by atoms with Crippen LogP contribution in [0.25, 0.3) is 10.9 Å². The zero-order valence-electron chi connectivity index (χ0n) is 14.1. The Morgan fingerprint density at radius 2 is 1.92 bits per heavy atom. The molecule has 1 amide bonds. The van der Waals surface area contributed by atoms with E-state index in [9.17, 15) is 4.79 Å². The molecule has 4 rings (SSSR count). The molecule has 0 bridgehead atoms. The summed E-state index contributed by atoms with van der Waals surface area (Å²) in [5.41, 5.74) is 2.04. The number of hydrogen-bond donors (Lipinski definition) is 0. The summed E-state index contributed by atoms with van der Waals surface area (Å²) in [7, 11) is 0. The molecule has 0 N–H and O–H groups in total. The number of rotatable bonds is 3. The fraction of sp³-hybridized carbons (Fsp3) is 0.190. The van der Waals surface area contributed by atoms with Crippen molar-refractivity contribution in [3.63, 3.8) is 0 Å². The molecule has 0 aliphatic carbocycles. The zero-order valence-corrected chi connectivity index (χ0v) is 14.1. The molecule has 128 valence electrons. The summed E-state index contributed by atoms with van der Waals surface area (Å²) in [6, 6.07) is 20.5. The number of carbonyl (C=O) groups excluding carboxylic acids is 1. The molecule has 0 saturated carbocycles. The van der Waals surface area contributed by atoms with Gasteiger partial charge in [-0.25, -0.2) is 4.98 Å². The summed E-state index contributed by atoms with van der Waals surface area (Å²) in [5, 5.41) is 9.92. The van der Waals surface area contributed by atoms with E-state index >= 15 is 0 Å². The van der Waals surface area contributed by atoms with Crippen LogP contribution >= 0.6 is 0 Å². The number of amides is 1. The molecule has 1 aromatic heterocycles. The molecule has 1 fully saturated rings. The molecular formula is C21H17N3O2. The van der Waals surface area contributed by atoms with Gasteiger partial charge >= 0.3 is 0 Å². The summed E-state index contributed by atoms with van der Waals surface area (Å²) in [4.78, 5) is 18.9. The Balaban J connectivity index is 1.42. The standard InChI is InChI=1S/C21H17N3O2/c22-13-15-5-7-17(8-6-15)21(25)24-12-11-18(14-24)26-20-10-9-16-3-1-2-4-19(16)23-20/h1-10,18H,11-12,14H2/t18-/m0/s1. The van der Waals surface area contributed by atoms with Crippen molar-refractivity contribution in [3.05, 3.63) is 71.8 Å². The highest BCUT2D eigenvalue weighted by atomic mass is 16.5. The molecule has 2 heterocycles. The Kier molecular flexibility index (Phi) is 4.24. The van der Waals surface area contributed by atoms with Crippen LogP contribution in [-0.4, -0.2) is 35.0 Å². The molecule has 26 heavy (non-hydrogen) atoms. The molecule has 0 unspecified atom stereocenters. The third kappa shape index (κ3) is 3.22. The number of nitriles is 1. The lowest BCUT2D eigenvalue weighted by Crippen LogP contribution is -2.31. The van der Waals surface area contributed by atoms with Gasteiger partial charge in [-0.3, -0.25) is 4.79 Å². The van der Waals surface area contributed by atoms with Gasteiger partial charge < -0.3 is 9.64 Å². The van der Waals surface area contributed by atoms with Crippen LogP contribution < -0.4 is 4.74 Å². The van der Waals surface area contributed by atoms with E-state index in [1.165, 1.54) is 0 Å². The van der Waals surface area contributed by atoms with Gasteiger partial charge in [-0.15, -0.1) is 0 Å². The molecule has 5 nitrogen and oxygen atoms in total. The Labute approximate surface area is 151 Å². The van der Waals surface area contributed by atoms with Gasteiger partial charge in [0.2, 0.25) is 5.88 Å². The monoisotopic (exact) mass is 343 g/mol. The van der Waals surface area contributed by atoms with Crippen LogP contribution in [0.4, 0.5) is 0 Å². The van der Waals surface area contributed by atoms with Crippen molar-refractivity contribution in [3.8, 4) is 11.9 Å². The largest absolute Gasteiger partial charge is 0.472 e. The minimum Gasteiger partial charge on any atom is -0.472 e. The van der Waals surface area contributed by atoms with Gasteiger partial charge in [0, 0.05) is 30.0 Å². The Morgan fingerprint density at radius 1 is 1.12 bits per heavy atom. The number of aromatic nitrogens is 1. The number of pyridine rings is 1. The minimum absolute atomic E-state index is 0.0351. The van der Waals surface area contributed by atoms with Gasteiger partial charge in [0.15, 0.2) is 0 Å². The molecule has 1 saturated heterocycles. The van der Waals surface area contributed by atoms with Crippen LogP contribution in [0.3, 0.4) is 0 Å². The molecule has 0 radical (unpaired) electrons. The fourth-order valence-corrected chi connectivity index (χ4v) is 3.16. The molecule has 2 aromatic carbocycles. The quantitative estimate of drug-likeness (QED) is 0.731. The van der Waals surface area contributed by atoms with E-state index in [1.807, 2.05) is 36.4 Å². The smallest absolute Gasteiger partial charge is 0.253 e. The van der Waals surface area contributed by atoms with Crippen molar-refractivity contribution < 1.29 is 9.53 Å². The second-order valence-electron chi connectivity index (χ2n) is 6.31. The average molecular weight is 343 g/mol. The van der Waals surface area contributed by atoms with E-state index in [0.29, 0.717) is 30.1 Å². The third-order valence-electron chi connectivity index (χ3n) is 4.55. The first-order chi connectivity index (χ1) is 12.7. The van der Waals surface area contributed by atoms with E-state index in [1.54, 1.807) is 29.2 Å². The lowest BCUT2D eigenvalue weighted by atomic mass is 10.1. The number of nitrogens with zero attached hydrogens (tertiary/aromatic N) is 3. The number of benzene rings is 2. The minimum atomic E-state index is -0.0639. The molecule has 0 spiro atoms. The summed E-state index contributed by atoms with van der Waals surface area (Å²) in [6.07, 6.45) is 0.710. The van der Waals surface area contributed by atoms with Crippen molar-refractivity contribution >= 4 is 16.8 Å². The first-order valence-corrected chi connectivity index (χ1v) is 8.55. The maximum Gasteiger partial charge on any atom is 0.253 e. The number of para-hydroxylation sites is 1. The first kappa shape index (κ1) is 16.1. The summed E-state index contributed by atoms with van der Waals surface area (Å²) < 4.78 is 5.99. The van der Waals surface area contributed by atoms with E-state index in [4.69, 9.17) is 10.00 Å². The number of hydrogen-bond acceptors (Lipinski definition) is 4. The highest BCUT2D eigenvalue weighted by Gasteiger charge is 2.28. The highest BCUT2D eigenvalue weighted by Crippen LogP contribution is 2.21. The van der Waals surface area contributed by atoms with Crippen molar-refractivity contribution in [2.45, 2.75) is 12.5 Å². The molecule has 3 aromatic rings. The normalized spacial score (nSPS) is 16.4. The van der Waals surface area contributed by atoms with Gasteiger partial charge in [-0.1, -0.05) is 18.2 Å². The van der Waals surface area contributed by atoms with Crippen LogP contribution in [0.5, 0.6) is 5.88 Å². The van der Waals surface area contributed by atoms with Gasteiger partial charge in [0.25, 0.3) is 5.91 Å². The van der Waals surface area contributed by atoms with Gasteiger partial charge in [-0.2, -0.15) is 5.26 Å². The SMILES string of the molecule is N#Cc1ccc(C(=O)N2CC[C@H](Oc3ccc4ccccc4n3)C2)cc1. The molecular weight excluding hydrogens is 326 g/mol. The van der Waals surface area contributed by atoms with E-state index in [0.717, 1.165) is 17.3 Å². The van der Waals surface area contributed by atoms with Crippen molar-refractivity contribution in [2.75, 3.05) is 13.1 Å². The van der Waals surface area contributed by atoms with Crippen molar-refractivity contribution in [2.24, 2.45) is 0 Å². The second kappa shape index (κ2) is 6.85. The van der Waals surface area contributed by atoms with Gasteiger partial charge in [0.1, 0.15) is 6.10 Å². The highest BCUT2D eigenvalue weighted by molar-refractivity contribution is 5.94. The maximum absolute atomic E-state index is 12.6. The summed E-state index contributed by atoms with van der Waals surface area (Å²) in [6.45, 7) is 1.18. The van der Waals surface area contributed by atoms with E-state index < -0.39 is 0 Å². The number of fused-ring (bicyclic) bond motifs is 1. The van der Waals surface area contributed by atoms with E-state index in [2.05, 4.69) is 11.1 Å². The summed E-state index contributed by atoms with van der Waals surface area (Å²) >= 11 is 0.